The molecule has 10 heteroatoms. The first kappa shape index (κ1) is 23.7. The summed E-state index contributed by atoms with van der Waals surface area (Å²) < 4.78 is 50.2. The number of halogens is 3. The molecule has 0 atom stereocenters. The van der Waals surface area contributed by atoms with Gasteiger partial charge in [0.15, 0.2) is 5.76 Å². The smallest absolute Gasteiger partial charge is 0.417 e. The van der Waals surface area contributed by atoms with Crippen LogP contribution in [0.2, 0.25) is 0 Å². The first-order valence-corrected chi connectivity index (χ1v) is 10.5. The third-order valence-corrected chi connectivity index (χ3v) is 5.07. The summed E-state index contributed by atoms with van der Waals surface area (Å²) in [5.74, 6) is -0.758. The first-order chi connectivity index (χ1) is 16.7. The van der Waals surface area contributed by atoms with Crippen molar-refractivity contribution in [2.75, 3.05) is 24.2 Å². The Balaban J connectivity index is 1.28. The predicted molar refractivity (Wildman–Crippen MR) is 124 cm³/mol. The number of alkyl halides is 3. The maximum Gasteiger partial charge on any atom is 0.417 e. The number of benzene rings is 3. The molecule has 0 saturated carbocycles. The monoisotopic (exact) mass is 483 g/mol. The average Bonchev–Trinajstić information content (AvgIpc) is 3.27. The number of nitrogens with two attached hydrogens (primary N) is 1. The van der Waals surface area contributed by atoms with Crippen LogP contribution >= 0.6 is 0 Å². The molecule has 0 aliphatic rings. The van der Waals surface area contributed by atoms with E-state index in [1.165, 1.54) is 12.1 Å². The maximum absolute atomic E-state index is 13.1. The Hall–Kier alpha value is -4.47. The predicted octanol–water partition coefficient (Wildman–Crippen LogP) is 5.09. The summed E-state index contributed by atoms with van der Waals surface area (Å²) in [6, 6.07) is 17.8. The van der Waals surface area contributed by atoms with E-state index in [0.29, 0.717) is 22.7 Å². The molecule has 0 spiro atoms. The molecule has 0 aliphatic heterocycles. The lowest BCUT2D eigenvalue weighted by molar-refractivity contribution is -0.136. The minimum Gasteiger partial charge on any atom is -0.492 e. The van der Waals surface area contributed by atoms with Gasteiger partial charge >= 0.3 is 6.18 Å². The van der Waals surface area contributed by atoms with Crippen LogP contribution in [0.15, 0.2) is 77.2 Å². The summed E-state index contributed by atoms with van der Waals surface area (Å²) in [6.45, 7) is 0.170. The van der Waals surface area contributed by atoms with E-state index >= 15 is 0 Å². The number of carbonyl (C=O) groups is 2. The Morgan fingerprint density at radius 1 is 0.943 bits per heavy atom. The van der Waals surface area contributed by atoms with E-state index in [9.17, 15) is 22.8 Å². The fourth-order valence-corrected chi connectivity index (χ4v) is 3.35. The SMILES string of the molecule is Nc1ccccc1NC(=O)c1ccc(OCCNC(=O)c2cc3c(C(F)(F)F)cccc3o2)cc1. The molecule has 0 fully saturated rings. The molecule has 3 aromatic carbocycles. The molecule has 0 radical (unpaired) electrons. The van der Waals surface area contributed by atoms with Gasteiger partial charge in [0.2, 0.25) is 0 Å². The third-order valence-electron chi connectivity index (χ3n) is 5.07. The summed E-state index contributed by atoms with van der Waals surface area (Å²) in [7, 11) is 0. The van der Waals surface area contributed by atoms with Gasteiger partial charge in [-0.1, -0.05) is 18.2 Å². The summed E-state index contributed by atoms with van der Waals surface area (Å²) in [5.41, 5.74) is 6.29. The number of anilines is 2. The van der Waals surface area contributed by atoms with E-state index in [2.05, 4.69) is 10.6 Å². The van der Waals surface area contributed by atoms with Crippen LogP contribution in [0.5, 0.6) is 5.75 Å². The highest BCUT2D eigenvalue weighted by Gasteiger charge is 2.33. The molecule has 4 rings (SSSR count). The van der Waals surface area contributed by atoms with Crippen molar-refractivity contribution in [1.29, 1.82) is 0 Å². The first-order valence-electron chi connectivity index (χ1n) is 10.5. The lowest BCUT2D eigenvalue weighted by atomic mass is 10.1. The third kappa shape index (κ3) is 5.55. The Morgan fingerprint density at radius 2 is 1.69 bits per heavy atom. The van der Waals surface area contributed by atoms with E-state index in [0.717, 1.165) is 12.1 Å². The van der Waals surface area contributed by atoms with Gasteiger partial charge in [0.05, 0.1) is 23.5 Å². The van der Waals surface area contributed by atoms with Crippen molar-refractivity contribution >= 4 is 34.2 Å². The summed E-state index contributed by atoms with van der Waals surface area (Å²) in [5, 5.41) is 5.08. The minimum absolute atomic E-state index is 0.0275. The second-order valence-electron chi connectivity index (χ2n) is 7.50. The number of rotatable bonds is 7. The van der Waals surface area contributed by atoms with Crippen LogP contribution in [0.4, 0.5) is 24.5 Å². The molecule has 2 amide bonds. The number of para-hydroxylation sites is 2. The molecule has 35 heavy (non-hydrogen) atoms. The highest BCUT2D eigenvalue weighted by Crippen LogP contribution is 2.36. The maximum atomic E-state index is 13.1. The van der Waals surface area contributed by atoms with Crippen molar-refractivity contribution in [3.8, 4) is 5.75 Å². The second kappa shape index (κ2) is 9.80. The van der Waals surface area contributed by atoms with Crippen molar-refractivity contribution in [1.82, 2.24) is 5.32 Å². The molecule has 0 unspecified atom stereocenters. The van der Waals surface area contributed by atoms with Crippen LogP contribution in [0.25, 0.3) is 11.0 Å². The molecule has 180 valence electrons. The number of carbonyl (C=O) groups excluding carboxylic acids is 2. The number of nitrogen functional groups attached to an aromatic ring is 1. The van der Waals surface area contributed by atoms with E-state index in [4.69, 9.17) is 14.9 Å². The van der Waals surface area contributed by atoms with Crippen molar-refractivity contribution in [3.05, 3.63) is 89.7 Å². The normalized spacial score (nSPS) is 11.3. The van der Waals surface area contributed by atoms with Crippen molar-refractivity contribution < 1.29 is 31.9 Å². The van der Waals surface area contributed by atoms with Gasteiger partial charge in [0, 0.05) is 10.9 Å². The molecule has 0 aliphatic carbocycles. The highest BCUT2D eigenvalue weighted by molar-refractivity contribution is 6.05. The Bertz CT molecular complexity index is 1360. The van der Waals surface area contributed by atoms with Crippen molar-refractivity contribution in [2.24, 2.45) is 0 Å². The molecule has 1 heterocycles. The summed E-state index contributed by atoms with van der Waals surface area (Å²) in [6.07, 6.45) is -4.56. The average molecular weight is 483 g/mol. The number of ether oxygens (including phenoxy) is 1. The number of nitrogens with one attached hydrogen (secondary N) is 2. The molecule has 1 aromatic heterocycles. The van der Waals surface area contributed by atoms with Gasteiger partial charge < -0.3 is 25.5 Å². The van der Waals surface area contributed by atoms with Crippen molar-refractivity contribution in [3.63, 3.8) is 0 Å². The van der Waals surface area contributed by atoms with Crippen LogP contribution in [0.3, 0.4) is 0 Å². The molecule has 4 N–H and O–H groups in total. The van der Waals surface area contributed by atoms with Gasteiger partial charge in [-0.2, -0.15) is 13.2 Å². The molecule has 7 nitrogen and oxygen atoms in total. The largest absolute Gasteiger partial charge is 0.492 e. The van der Waals surface area contributed by atoms with Crippen LogP contribution in [-0.4, -0.2) is 25.0 Å². The lowest BCUT2D eigenvalue weighted by Gasteiger charge is -2.09. The van der Waals surface area contributed by atoms with Crippen LogP contribution in [0, 0.1) is 0 Å². The number of hydrogen-bond acceptors (Lipinski definition) is 5. The number of amides is 2. The lowest BCUT2D eigenvalue weighted by Crippen LogP contribution is -2.27. The van der Waals surface area contributed by atoms with Crippen LogP contribution in [0.1, 0.15) is 26.5 Å². The zero-order valence-electron chi connectivity index (χ0n) is 18.2. The van der Waals surface area contributed by atoms with E-state index in [1.807, 2.05) is 0 Å². The van der Waals surface area contributed by atoms with Gasteiger partial charge in [-0.05, 0) is 54.6 Å². The number of furan rings is 1. The van der Waals surface area contributed by atoms with E-state index in [-0.39, 0.29) is 35.8 Å². The van der Waals surface area contributed by atoms with Crippen molar-refractivity contribution in [2.45, 2.75) is 6.18 Å². The second-order valence-corrected chi connectivity index (χ2v) is 7.50. The quantitative estimate of drug-likeness (QED) is 0.251. The Morgan fingerprint density at radius 3 is 2.40 bits per heavy atom. The van der Waals surface area contributed by atoms with Gasteiger partial charge in [-0.3, -0.25) is 9.59 Å². The minimum atomic E-state index is -4.56. The highest BCUT2D eigenvalue weighted by atomic mass is 19.4. The summed E-state index contributed by atoms with van der Waals surface area (Å²) >= 11 is 0. The van der Waals surface area contributed by atoms with Gasteiger partial charge in [0.25, 0.3) is 11.8 Å². The van der Waals surface area contributed by atoms with Gasteiger partial charge in [0.1, 0.15) is 17.9 Å². The Kier molecular flexibility index (Phi) is 6.63. The summed E-state index contributed by atoms with van der Waals surface area (Å²) in [4.78, 5) is 24.6. The van der Waals surface area contributed by atoms with Crippen LogP contribution < -0.4 is 21.1 Å². The topological polar surface area (TPSA) is 107 Å². The van der Waals surface area contributed by atoms with Gasteiger partial charge in [-0.25, -0.2) is 0 Å². The molecular formula is C25H20F3N3O4. The zero-order chi connectivity index (χ0) is 25.0. The fraction of sp³-hybridized carbons (Fsp3) is 0.120. The van der Waals surface area contributed by atoms with E-state index in [1.54, 1.807) is 48.5 Å². The fourth-order valence-electron chi connectivity index (χ4n) is 3.35. The van der Waals surface area contributed by atoms with E-state index < -0.39 is 17.6 Å². The van der Waals surface area contributed by atoms with Crippen LogP contribution in [-0.2, 0) is 6.18 Å². The standard InChI is InChI=1S/C25H20F3N3O4/c26-25(27,28)18-4-3-7-21-17(18)14-22(35-21)24(33)30-12-13-34-16-10-8-15(9-11-16)23(32)31-20-6-2-1-5-19(20)29/h1-11,14H,12-13,29H2,(H,30,33)(H,31,32). The number of fused-ring (bicyclic) bond motifs is 1. The number of hydrogen-bond donors (Lipinski definition) is 3. The Labute approximate surface area is 197 Å². The molecule has 0 saturated heterocycles. The zero-order valence-corrected chi connectivity index (χ0v) is 18.2. The van der Waals surface area contributed by atoms with Gasteiger partial charge in [-0.15, -0.1) is 0 Å². The molecule has 0 bridgehead atoms. The molecular weight excluding hydrogens is 463 g/mol. The molecule has 4 aromatic rings.